The third kappa shape index (κ3) is 2.09. The summed E-state index contributed by atoms with van der Waals surface area (Å²) in [5.41, 5.74) is 0. The summed E-state index contributed by atoms with van der Waals surface area (Å²) < 4.78 is 0. The molecular weight excluding hydrogens is 240 g/mol. The molecule has 106 valence electrons. The third-order valence-electron chi connectivity index (χ3n) is 5.91. The number of nitrogens with zero attached hydrogens (tertiary/aromatic N) is 1. The van der Waals surface area contributed by atoms with Crippen molar-refractivity contribution in [3.05, 3.63) is 0 Å². The second-order valence-corrected chi connectivity index (χ2v) is 7.10. The van der Waals surface area contributed by atoms with Crippen molar-refractivity contribution in [2.75, 3.05) is 13.1 Å². The maximum absolute atomic E-state index is 11.5. The first kappa shape index (κ1) is 12.2. The first-order valence-electron chi connectivity index (χ1n) is 7.95. The van der Waals surface area contributed by atoms with Gasteiger partial charge in [0.15, 0.2) is 0 Å². The second-order valence-electron chi connectivity index (χ2n) is 7.10. The Morgan fingerprint density at radius 2 is 1.89 bits per heavy atom. The molecule has 5 atom stereocenters. The van der Waals surface area contributed by atoms with E-state index in [2.05, 4.69) is 10.2 Å². The van der Waals surface area contributed by atoms with E-state index in [1.807, 2.05) is 0 Å². The minimum absolute atomic E-state index is 0.117. The molecule has 0 spiro atoms. The number of aliphatic carboxylic acids is 1. The van der Waals surface area contributed by atoms with Gasteiger partial charge in [-0.05, 0) is 50.4 Å². The molecule has 0 aromatic carbocycles. The van der Waals surface area contributed by atoms with Crippen molar-refractivity contribution >= 4 is 5.97 Å². The molecule has 5 unspecified atom stereocenters. The fourth-order valence-corrected chi connectivity index (χ4v) is 4.85. The summed E-state index contributed by atoms with van der Waals surface area (Å²) >= 11 is 0. The predicted octanol–water partition coefficient (Wildman–Crippen LogP) is 1.31. The number of fused-ring (bicyclic) bond motifs is 2. The van der Waals surface area contributed by atoms with Crippen molar-refractivity contribution in [2.45, 2.75) is 56.7 Å². The lowest BCUT2D eigenvalue weighted by Crippen LogP contribution is -2.49. The van der Waals surface area contributed by atoms with Gasteiger partial charge in [0.2, 0.25) is 0 Å². The molecule has 4 heteroatoms. The third-order valence-corrected chi connectivity index (χ3v) is 5.91. The summed E-state index contributed by atoms with van der Waals surface area (Å²) in [6.07, 6.45) is 7.48. The molecule has 2 bridgehead atoms. The minimum atomic E-state index is -0.568. The van der Waals surface area contributed by atoms with Gasteiger partial charge in [-0.15, -0.1) is 0 Å². The predicted molar refractivity (Wildman–Crippen MR) is 71.9 cm³/mol. The van der Waals surface area contributed by atoms with Crippen LogP contribution >= 0.6 is 0 Å². The van der Waals surface area contributed by atoms with Gasteiger partial charge in [-0.25, -0.2) is 0 Å². The summed E-state index contributed by atoms with van der Waals surface area (Å²) in [5.74, 6) is 0.387. The molecule has 1 heterocycles. The molecule has 2 N–H and O–H groups in total. The van der Waals surface area contributed by atoms with Crippen LogP contribution in [0.25, 0.3) is 0 Å². The Kier molecular flexibility index (Phi) is 2.85. The van der Waals surface area contributed by atoms with E-state index in [0.717, 1.165) is 25.4 Å². The molecule has 4 nitrogen and oxygen atoms in total. The summed E-state index contributed by atoms with van der Waals surface area (Å²) in [5, 5.41) is 13.2. The Bertz CT molecular complexity index is 382. The van der Waals surface area contributed by atoms with Crippen molar-refractivity contribution in [3.63, 3.8) is 0 Å². The van der Waals surface area contributed by atoms with Crippen LogP contribution in [-0.2, 0) is 4.79 Å². The number of carboxylic acid groups (broad SMARTS) is 1. The van der Waals surface area contributed by atoms with E-state index in [4.69, 9.17) is 0 Å². The van der Waals surface area contributed by atoms with Crippen LogP contribution in [0.3, 0.4) is 0 Å². The van der Waals surface area contributed by atoms with Gasteiger partial charge in [-0.3, -0.25) is 9.69 Å². The number of nitrogens with one attached hydrogen (secondary N) is 1. The molecule has 19 heavy (non-hydrogen) atoms. The number of rotatable bonds is 4. The molecule has 4 fully saturated rings. The van der Waals surface area contributed by atoms with E-state index >= 15 is 0 Å². The second kappa shape index (κ2) is 4.45. The largest absolute Gasteiger partial charge is 0.481 e. The fraction of sp³-hybridized carbons (Fsp3) is 0.933. The minimum Gasteiger partial charge on any atom is -0.481 e. The SMILES string of the molecule is O=C(O)C1C2CCC(C2)C1NC1CCN(C2CC2)C1. The summed E-state index contributed by atoms with van der Waals surface area (Å²) in [6, 6.07) is 1.63. The van der Waals surface area contributed by atoms with Gasteiger partial charge in [0.25, 0.3) is 0 Å². The number of hydrogen-bond donors (Lipinski definition) is 2. The molecule has 3 saturated carbocycles. The van der Waals surface area contributed by atoms with Crippen LogP contribution in [0.4, 0.5) is 0 Å². The normalized spacial score (nSPS) is 46.0. The monoisotopic (exact) mass is 264 g/mol. The number of carbonyl (C=O) groups is 1. The Morgan fingerprint density at radius 3 is 2.63 bits per heavy atom. The molecule has 4 aliphatic rings. The van der Waals surface area contributed by atoms with Crippen LogP contribution in [-0.4, -0.2) is 47.2 Å². The van der Waals surface area contributed by atoms with E-state index in [1.165, 1.54) is 32.2 Å². The van der Waals surface area contributed by atoms with E-state index in [1.54, 1.807) is 0 Å². The van der Waals surface area contributed by atoms with E-state index in [0.29, 0.717) is 17.9 Å². The smallest absolute Gasteiger partial charge is 0.308 e. The number of likely N-dealkylation sites (tertiary alicyclic amines) is 1. The van der Waals surface area contributed by atoms with Crippen molar-refractivity contribution in [1.29, 1.82) is 0 Å². The average Bonchev–Trinajstić information content (AvgIpc) is 2.85. The number of hydrogen-bond acceptors (Lipinski definition) is 3. The summed E-state index contributed by atoms with van der Waals surface area (Å²) in [7, 11) is 0. The Hall–Kier alpha value is -0.610. The molecule has 0 amide bonds. The Morgan fingerprint density at radius 1 is 1.11 bits per heavy atom. The lowest BCUT2D eigenvalue weighted by molar-refractivity contribution is -0.144. The Balaban J connectivity index is 1.40. The van der Waals surface area contributed by atoms with Crippen molar-refractivity contribution in [2.24, 2.45) is 17.8 Å². The number of carboxylic acids is 1. The van der Waals surface area contributed by atoms with E-state index in [9.17, 15) is 9.90 Å². The first-order valence-corrected chi connectivity index (χ1v) is 7.95. The van der Waals surface area contributed by atoms with E-state index < -0.39 is 5.97 Å². The topological polar surface area (TPSA) is 52.6 Å². The molecule has 4 rings (SSSR count). The average molecular weight is 264 g/mol. The van der Waals surface area contributed by atoms with Crippen LogP contribution in [0.1, 0.15) is 38.5 Å². The molecular formula is C15H24N2O2. The highest BCUT2D eigenvalue weighted by molar-refractivity contribution is 5.72. The van der Waals surface area contributed by atoms with Gasteiger partial charge in [0.05, 0.1) is 5.92 Å². The van der Waals surface area contributed by atoms with Gasteiger partial charge in [-0.1, -0.05) is 0 Å². The lowest BCUT2D eigenvalue weighted by Gasteiger charge is -2.31. The van der Waals surface area contributed by atoms with Gasteiger partial charge < -0.3 is 10.4 Å². The molecule has 0 aromatic rings. The summed E-state index contributed by atoms with van der Waals surface area (Å²) in [6.45, 7) is 2.35. The van der Waals surface area contributed by atoms with Crippen LogP contribution in [0.5, 0.6) is 0 Å². The van der Waals surface area contributed by atoms with E-state index in [-0.39, 0.29) is 12.0 Å². The van der Waals surface area contributed by atoms with Gasteiger partial charge in [-0.2, -0.15) is 0 Å². The fourth-order valence-electron chi connectivity index (χ4n) is 4.85. The zero-order chi connectivity index (χ0) is 13.0. The van der Waals surface area contributed by atoms with Crippen molar-refractivity contribution in [1.82, 2.24) is 10.2 Å². The molecule has 0 radical (unpaired) electrons. The lowest BCUT2D eigenvalue weighted by atomic mass is 9.84. The first-order chi connectivity index (χ1) is 9.22. The van der Waals surface area contributed by atoms with Crippen LogP contribution < -0.4 is 5.32 Å². The maximum atomic E-state index is 11.5. The summed E-state index contributed by atoms with van der Waals surface area (Å²) in [4.78, 5) is 14.1. The van der Waals surface area contributed by atoms with Gasteiger partial charge in [0.1, 0.15) is 0 Å². The van der Waals surface area contributed by atoms with Crippen LogP contribution in [0, 0.1) is 17.8 Å². The van der Waals surface area contributed by atoms with Gasteiger partial charge in [0, 0.05) is 31.2 Å². The highest BCUT2D eigenvalue weighted by Crippen LogP contribution is 2.49. The standard InChI is InChI=1S/C15H24N2O2/c18-15(19)13-9-1-2-10(7-9)14(13)16-11-5-6-17(8-11)12-3-4-12/h9-14,16H,1-8H2,(H,18,19). The zero-order valence-electron chi connectivity index (χ0n) is 11.4. The Labute approximate surface area is 114 Å². The quantitative estimate of drug-likeness (QED) is 0.804. The highest BCUT2D eigenvalue weighted by Gasteiger charge is 2.51. The molecule has 1 saturated heterocycles. The molecule has 3 aliphatic carbocycles. The molecule has 1 aliphatic heterocycles. The van der Waals surface area contributed by atoms with Crippen LogP contribution in [0.2, 0.25) is 0 Å². The van der Waals surface area contributed by atoms with Crippen molar-refractivity contribution in [3.8, 4) is 0 Å². The molecule has 0 aromatic heterocycles. The maximum Gasteiger partial charge on any atom is 0.308 e. The highest BCUT2D eigenvalue weighted by atomic mass is 16.4. The zero-order valence-corrected chi connectivity index (χ0v) is 11.4. The van der Waals surface area contributed by atoms with Crippen molar-refractivity contribution < 1.29 is 9.90 Å². The van der Waals surface area contributed by atoms with Crippen LogP contribution in [0.15, 0.2) is 0 Å². The van der Waals surface area contributed by atoms with Gasteiger partial charge >= 0.3 is 5.97 Å².